The Morgan fingerprint density at radius 3 is 2.23 bits per heavy atom. The molecule has 0 aliphatic carbocycles. The maximum atomic E-state index is 13.3. The lowest BCUT2D eigenvalue weighted by molar-refractivity contribution is -0.178. The van der Waals surface area contributed by atoms with Crippen LogP contribution in [0.3, 0.4) is 0 Å². The van der Waals surface area contributed by atoms with Gasteiger partial charge in [0, 0.05) is 18.5 Å². The third kappa shape index (κ3) is 8.72. The number of benzene rings is 2. The standard InChI is InChI=1S/C30H41N5O5/c1-7-8-13-25(36)35(26(20(2)3)28(37)39-19-40-29(38)30(4,5)6)18-21-14-16-22(17-15-21)23-11-9-10-12-24(23)27(33-31)34-32/h9-12,14-17,20,26,31H,7-8,13,18-19,32H2,1-6H3/t26-/m0/s1. The van der Waals surface area contributed by atoms with Crippen molar-refractivity contribution in [2.24, 2.45) is 27.4 Å². The number of nitrogens with two attached hydrogens (primary N) is 1. The van der Waals surface area contributed by atoms with Crippen LogP contribution in [0.4, 0.5) is 0 Å². The van der Waals surface area contributed by atoms with E-state index in [2.05, 4.69) is 10.2 Å². The molecule has 0 unspecified atom stereocenters. The van der Waals surface area contributed by atoms with Gasteiger partial charge in [-0.15, -0.1) is 5.11 Å². The zero-order valence-electron chi connectivity index (χ0n) is 24.3. The van der Waals surface area contributed by atoms with Crippen molar-refractivity contribution in [2.45, 2.75) is 73.4 Å². The molecule has 1 atom stereocenters. The van der Waals surface area contributed by atoms with Crippen LogP contribution in [0.2, 0.25) is 0 Å². The third-order valence-electron chi connectivity index (χ3n) is 6.29. The number of carbonyl (C=O) groups is 3. The van der Waals surface area contributed by atoms with E-state index in [0.29, 0.717) is 18.4 Å². The van der Waals surface area contributed by atoms with E-state index in [4.69, 9.17) is 20.8 Å². The minimum absolute atomic E-state index is 0.110. The van der Waals surface area contributed by atoms with Gasteiger partial charge in [-0.3, -0.25) is 9.59 Å². The summed E-state index contributed by atoms with van der Waals surface area (Å²) < 4.78 is 10.4. The van der Waals surface area contributed by atoms with E-state index in [-0.39, 0.29) is 24.2 Å². The van der Waals surface area contributed by atoms with Gasteiger partial charge in [0.15, 0.2) is 5.84 Å². The molecule has 0 aliphatic heterocycles. The first-order chi connectivity index (χ1) is 18.9. The fourth-order valence-electron chi connectivity index (χ4n) is 4.09. The summed E-state index contributed by atoms with van der Waals surface area (Å²) in [4.78, 5) is 40.1. The first kappa shape index (κ1) is 32.1. The Morgan fingerprint density at radius 2 is 1.68 bits per heavy atom. The smallest absolute Gasteiger partial charge is 0.332 e. The summed E-state index contributed by atoms with van der Waals surface area (Å²) in [5.74, 6) is 4.02. The molecule has 0 aromatic heterocycles. The van der Waals surface area contributed by atoms with Crippen molar-refractivity contribution >= 4 is 23.7 Å². The molecule has 0 radical (unpaired) electrons. The van der Waals surface area contributed by atoms with Gasteiger partial charge in [-0.1, -0.05) is 75.7 Å². The molecule has 216 valence electrons. The second-order valence-electron chi connectivity index (χ2n) is 10.9. The van der Waals surface area contributed by atoms with Crippen molar-refractivity contribution in [3.8, 4) is 11.1 Å². The third-order valence-corrected chi connectivity index (χ3v) is 6.29. The summed E-state index contributed by atoms with van der Waals surface area (Å²) in [5.41, 5.74) is 9.75. The molecule has 0 spiro atoms. The van der Waals surface area contributed by atoms with Crippen LogP contribution in [0, 0.1) is 16.9 Å². The number of amides is 1. The fraction of sp³-hybridized carbons (Fsp3) is 0.467. The van der Waals surface area contributed by atoms with Crippen LogP contribution in [-0.4, -0.2) is 41.4 Å². The first-order valence-corrected chi connectivity index (χ1v) is 13.4. The Morgan fingerprint density at radius 1 is 1.02 bits per heavy atom. The number of hydrogen-bond acceptors (Lipinski definition) is 8. The minimum Gasteiger partial charge on any atom is -0.427 e. The van der Waals surface area contributed by atoms with Gasteiger partial charge in [0.1, 0.15) is 6.04 Å². The van der Waals surface area contributed by atoms with E-state index in [1.807, 2.05) is 63.2 Å². The second kappa shape index (κ2) is 14.9. The normalized spacial score (nSPS) is 12.5. The number of unbranched alkanes of at least 4 members (excludes halogenated alkanes) is 1. The van der Waals surface area contributed by atoms with Gasteiger partial charge in [-0.2, -0.15) is 5.10 Å². The molecule has 40 heavy (non-hydrogen) atoms. The van der Waals surface area contributed by atoms with Crippen molar-refractivity contribution in [1.29, 1.82) is 5.53 Å². The Hall–Kier alpha value is -4.08. The summed E-state index contributed by atoms with van der Waals surface area (Å²) >= 11 is 0. The SMILES string of the molecule is CCCCC(=O)N(Cc1ccc(-c2ccccc2C(N=N)=NN)cc1)[C@H](C(=O)OCOC(=O)C(C)(C)C)C(C)C. The average Bonchev–Trinajstić information content (AvgIpc) is 2.92. The fourth-order valence-corrected chi connectivity index (χ4v) is 4.09. The van der Waals surface area contributed by atoms with Gasteiger partial charge in [-0.05, 0) is 49.8 Å². The molecular formula is C30H41N5O5. The lowest BCUT2D eigenvalue weighted by Gasteiger charge is -2.33. The summed E-state index contributed by atoms with van der Waals surface area (Å²) in [5, 5.41) is 7.02. The highest BCUT2D eigenvalue weighted by Gasteiger charge is 2.34. The molecule has 3 N–H and O–H groups in total. The molecule has 0 aliphatic rings. The monoisotopic (exact) mass is 551 g/mol. The van der Waals surface area contributed by atoms with Crippen molar-refractivity contribution in [2.75, 3.05) is 6.79 Å². The zero-order valence-corrected chi connectivity index (χ0v) is 24.3. The molecule has 0 bridgehead atoms. The highest BCUT2D eigenvalue weighted by molar-refractivity contribution is 6.04. The van der Waals surface area contributed by atoms with Crippen LogP contribution in [-0.2, 0) is 30.4 Å². The van der Waals surface area contributed by atoms with Gasteiger partial charge in [0.05, 0.1) is 5.41 Å². The Kier molecular flexibility index (Phi) is 12.0. The predicted octanol–water partition coefficient (Wildman–Crippen LogP) is 5.64. The summed E-state index contributed by atoms with van der Waals surface area (Å²) in [6.45, 7) is 10.5. The van der Waals surface area contributed by atoms with Crippen molar-refractivity contribution in [3.05, 3.63) is 59.7 Å². The van der Waals surface area contributed by atoms with Gasteiger partial charge >= 0.3 is 11.9 Å². The highest BCUT2D eigenvalue weighted by atomic mass is 16.7. The number of rotatable bonds is 12. The number of carbonyl (C=O) groups excluding carboxylic acids is 3. The quantitative estimate of drug-likeness (QED) is 0.0664. The Balaban J connectivity index is 2.32. The highest BCUT2D eigenvalue weighted by Crippen LogP contribution is 2.26. The van der Waals surface area contributed by atoms with Crippen molar-refractivity contribution in [1.82, 2.24) is 4.90 Å². The molecule has 10 nitrogen and oxygen atoms in total. The number of esters is 2. The van der Waals surface area contributed by atoms with Crippen LogP contribution in [0.25, 0.3) is 11.1 Å². The molecule has 1 amide bonds. The molecule has 0 heterocycles. The van der Waals surface area contributed by atoms with Crippen LogP contribution in [0.5, 0.6) is 0 Å². The van der Waals surface area contributed by atoms with Crippen LogP contribution in [0.15, 0.2) is 58.7 Å². The second-order valence-corrected chi connectivity index (χ2v) is 10.9. The molecule has 10 heteroatoms. The van der Waals surface area contributed by atoms with Crippen LogP contribution in [0.1, 0.15) is 71.9 Å². The predicted molar refractivity (Wildman–Crippen MR) is 153 cm³/mol. The number of ether oxygens (including phenoxy) is 2. The molecular weight excluding hydrogens is 510 g/mol. The Bertz CT molecular complexity index is 1200. The summed E-state index contributed by atoms with van der Waals surface area (Å²) in [7, 11) is 0. The lowest BCUT2D eigenvalue weighted by Crippen LogP contribution is -2.48. The van der Waals surface area contributed by atoms with E-state index in [9.17, 15) is 14.4 Å². The minimum atomic E-state index is -0.861. The van der Waals surface area contributed by atoms with Gasteiger partial charge in [-0.25, -0.2) is 10.3 Å². The molecule has 2 rings (SSSR count). The topological polar surface area (TPSA) is 148 Å². The average molecular weight is 552 g/mol. The van der Waals surface area contributed by atoms with Crippen LogP contribution >= 0.6 is 0 Å². The molecule has 2 aromatic rings. The largest absolute Gasteiger partial charge is 0.427 e. The summed E-state index contributed by atoms with van der Waals surface area (Å²) in [6, 6.07) is 14.1. The van der Waals surface area contributed by atoms with Crippen LogP contribution < -0.4 is 5.84 Å². The summed E-state index contributed by atoms with van der Waals surface area (Å²) in [6.07, 6.45) is 1.83. The van der Waals surface area contributed by atoms with E-state index < -0.39 is 30.2 Å². The first-order valence-electron chi connectivity index (χ1n) is 13.4. The number of nitrogens with zero attached hydrogens (tertiary/aromatic N) is 3. The number of amidine groups is 1. The van der Waals surface area contributed by atoms with Gasteiger partial charge < -0.3 is 20.2 Å². The zero-order chi connectivity index (χ0) is 29.9. The van der Waals surface area contributed by atoms with E-state index in [1.54, 1.807) is 31.7 Å². The van der Waals surface area contributed by atoms with Gasteiger partial charge in [0.25, 0.3) is 0 Å². The number of hydrogen-bond donors (Lipinski definition) is 2. The van der Waals surface area contributed by atoms with Gasteiger partial charge in [0.2, 0.25) is 12.7 Å². The van der Waals surface area contributed by atoms with E-state index >= 15 is 0 Å². The lowest BCUT2D eigenvalue weighted by atomic mass is 9.97. The van der Waals surface area contributed by atoms with Crippen molar-refractivity contribution < 1.29 is 23.9 Å². The molecule has 0 saturated carbocycles. The molecule has 0 saturated heterocycles. The number of hydrazone groups is 1. The maximum absolute atomic E-state index is 13.3. The Labute approximate surface area is 236 Å². The van der Waals surface area contributed by atoms with Crippen molar-refractivity contribution in [3.63, 3.8) is 0 Å². The van der Waals surface area contributed by atoms with E-state index in [1.165, 1.54) is 0 Å². The molecule has 0 fully saturated rings. The molecule has 2 aromatic carbocycles. The number of nitrogens with one attached hydrogen (secondary N) is 1. The van der Waals surface area contributed by atoms with E-state index in [0.717, 1.165) is 23.1 Å². The maximum Gasteiger partial charge on any atom is 0.332 e.